The Morgan fingerprint density at radius 1 is 1.41 bits per heavy atom. The summed E-state index contributed by atoms with van der Waals surface area (Å²) < 4.78 is 39.3. The molecule has 2 rings (SSSR count). The van der Waals surface area contributed by atoms with Gasteiger partial charge in [0.15, 0.2) is 5.56 Å². The number of halogens is 3. The molecule has 0 unspecified atom stereocenters. The highest BCUT2D eigenvalue weighted by Gasteiger charge is 2.41. The number of nitrogens with two attached hydrogens (primary N) is 1. The lowest BCUT2D eigenvalue weighted by Crippen LogP contribution is -2.36. The predicted octanol–water partition coefficient (Wildman–Crippen LogP) is 0.688. The average Bonchev–Trinajstić information content (AvgIpc) is 2.25. The third kappa shape index (κ3) is 1.71. The molecule has 0 fully saturated rings. The Morgan fingerprint density at radius 2 is 2.12 bits per heavy atom. The van der Waals surface area contributed by atoms with Crippen LogP contribution in [0.3, 0.4) is 0 Å². The van der Waals surface area contributed by atoms with Crippen LogP contribution in [0.2, 0.25) is 0 Å². The Hall–Kier alpha value is -2.43. The fourth-order valence-corrected chi connectivity index (χ4v) is 1.41. The number of nitrogen functional groups attached to an aromatic ring is 1. The van der Waals surface area contributed by atoms with Gasteiger partial charge in [0.25, 0.3) is 0 Å². The summed E-state index contributed by atoms with van der Waals surface area (Å²) in [4.78, 5) is 7.28. The lowest BCUT2D eigenvalue weighted by molar-refractivity contribution is -0.547. The van der Waals surface area contributed by atoms with E-state index in [4.69, 9.17) is 11.0 Å². The molecule has 2 aromatic rings. The van der Waals surface area contributed by atoms with E-state index in [2.05, 4.69) is 9.97 Å². The van der Waals surface area contributed by atoms with E-state index in [1.54, 1.807) is 0 Å². The van der Waals surface area contributed by atoms with Crippen LogP contribution >= 0.6 is 0 Å². The van der Waals surface area contributed by atoms with Crippen LogP contribution in [0.15, 0.2) is 18.5 Å². The van der Waals surface area contributed by atoms with Crippen LogP contribution in [0.5, 0.6) is 0 Å². The Balaban J connectivity index is 2.99. The molecule has 2 N–H and O–H groups in total. The van der Waals surface area contributed by atoms with Gasteiger partial charge < -0.3 is 5.73 Å². The highest BCUT2D eigenvalue weighted by molar-refractivity contribution is 5.52. The molecular weight excluding hydrogens is 235 g/mol. The number of fused-ring (bicyclic) bond motifs is 1. The smallest absolute Gasteiger partial charge is 0.369 e. The number of anilines is 1. The average molecular weight is 240 g/mol. The first-order chi connectivity index (χ1) is 7.95. The van der Waals surface area contributed by atoms with Crippen LogP contribution in [0.1, 0.15) is 11.3 Å². The molecule has 0 amide bonds. The Labute approximate surface area is 93.0 Å². The number of aromatic nitrogens is 3. The molecule has 0 aliphatic rings. The predicted molar refractivity (Wildman–Crippen MR) is 49.3 cm³/mol. The van der Waals surface area contributed by atoms with E-state index in [1.165, 1.54) is 18.3 Å². The van der Waals surface area contributed by atoms with E-state index in [1.807, 2.05) is 0 Å². The van der Waals surface area contributed by atoms with Crippen LogP contribution in [-0.4, -0.2) is 9.97 Å². The summed E-state index contributed by atoms with van der Waals surface area (Å²) in [6.07, 6.45) is -2.31. The molecule has 86 valence electrons. The molecule has 0 bridgehead atoms. The zero-order chi connectivity index (χ0) is 12.6. The second-order valence-corrected chi connectivity index (χ2v) is 3.12. The Bertz CT molecular complexity index is 629. The molecule has 0 atom stereocenters. The highest BCUT2D eigenvalue weighted by Crippen LogP contribution is 2.30. The van der Waals surface area contributed by atoms with Gasteiger partial charge in [-0.2, -0.15) is 22.8 Å². The van der Waals surface area contributed by atoms with Gasteiger partial charge in [0.1, 0.15) is 12.3 Å². The van der Waals surface area contributed by atoms with Crippen molar-refractivity contribution in [2.75, 3.05) is 5.73 Å². The van der Waals surface area contributed by atoms with E-state index in [0.717, 1.165) is 6.20 Å². The Morgan fingerprint density at radius 3 is 2.71 bits per heavy atom. The maximum Gasteiger partial charge on any atom is 0.447 e. The van der Waals surface area contributed by atoms with Crippen molar-refractivity contribution in [1.82, 2.24) is 9.97 Å². The van der Waals surface area contributed by atoms with Crippen LogP contribution in [0, 0.1) is 11.3 Å². The van der Waals surface area contributed by atoms with Crippen molar-refractivity contribution in [1.29, 1.82) is 5.26 Å². The van der Waals surface area contributed by atoms with Crippen LogP contribution in [-0.2, 0) is 6.18 Å². The molecule has 0 aliphatic heterocycles. The first-order valence-corrected chi connectivity index (χ1v) is 4.38. The fraction of sp³-hybridized carbons (Fsp3) is 0.111. The van der Waals surface area contributed by atoms with Gasteiger partial charge in [-0.25, -0.2) is 0 Å². The van der Waals surface area contributed by atoms with Gasteiger partial charge in [-0.1, -0.05) is 4.98 Å². The van der Waals surface area contributed by atoms with E-state index in [-0.39, 0.29) is 5.78 Å². The molecule has 8 heteroatoms. The number of nitriles is 1. The summed E-state index contributed by atoms with van der Waals surface area (Å²) in [5.74, 6) is -0.699. The van der Waals surface area contributed by atoms with Crippen LogP contribution in [0.4, 0.5) is 19.0 Å². The molecule has 0 spiro atoms. The summed E-state index contributed by atoms with van der Waals surface area (Å²) in [6, 6.07) is 2.71. The number of rotatable bonds is 0. The van der Waals surface area contributed by atoms with Gasteiger partial charge in [0.05, 0.1) is 6.20 Å². The zero-order valence-corrected chi connectivity index (χ0v) is 8.23. The maximum atomic E-state index is 12.9. The quantitative estimate of drug-likeness (QED) is 0.687. The van der Waals surface area contributed by atoms with Crippen molar-refractivity contribution in [2.45, 2.75) is 6.18 Å². The molecule has 2 aromatic heterocycles. The summed E-state index contributed by atoms with van der Waals surface area (Å²) in [5.41, 5.74) is 3.43. The van der Waals surface area contributed by atoms with E-state index < -0.39 is 23.3 Å². The summed E-state index contributed by atoms with van der Waals surface area (Å²) >= 11 is 0. The maximum absolute atomic E-state index is 12.9. The first kappa shape index (κ1) is 11.1. The monoisotopic (exact) mass is 240 g/mol. The molecule has 0 saturated carbocycles. The minimum absolute atomic E-state index is 0.212. The van der Waals surface area contributed by atoms with E-state index >= 15 is 0 Å². The summed E-state index contributed by atoms with van der Waals surface area (Å²) in [7, 11) is 0. The minimum atomic E-state index is -4.71. The van der Waals surface area contributed by atoms with Crippen LogP contribution < -0.4 is 10.1 Å². The third-order valence-electron chi connectivity index (χ3n) is 2.06. The van der Waals surface area contributed by atoms with Gasteiger partial charge in [-0.15, -0.1) is 0 Å². The zero-order valence-electron chi connectivity index (χ0n) is 8.23. The van der Waals surface area contributed by atoms with Crippen LogP contribution in [0.25, 0.3) is 5.78 Å². The lowest BCUT2D eigenvalue weighted by Gasteiger charge is -2.08. The number of hydrogen-bond acceptors (Lipinski definition) is 4. The number of alkyl halides is 3. The van der Waals surface area contributed by atoms with Gasteiger partial charge >= 0.3 is 12.0 Å². The molecule has 0 aliphatic carbocycles. The first-order valence-electron chi connectivity index (χ1n) is 4.38. The Kier molecular flexibility index (Phi) is 2.31. The van der Waals surface area contributed by atoms with Crippen molar-refractivity contribution in [3.63, 3.8) is 0 Å². The molecular formula is C9H5F3N5+. The van der Waals surface area contributed by atoms with E-state index in [9.17, 15) is 13.2 Å². The summed E-state index contributed by atoms with van der Waals surface area (Å²) in [5, 5.41) is 8.72. The van der Waals surface area contributed by atoms with E-state index in [0.29, 0.717) is 4.40 Å². The number of hydrogen-bond donors (Lipinski definition) is 1. The second kappa shape index (κ2) is 3.55. The summed E-state index contributed by atoms with van der Waals surface area (Å²) in [6.45, 7) is 0. The highest BCUT2D eigenvalue weighted by atomic mass is 19.4. The molecule has 0 aromatic carbocycles. The van der Waals surface area contributed by atoms with Crippen molar-refractivity contribution in [3.8, 4) is 6.07 Å². The lowest BCUT2D eigenvalue weighted by atomic mass is 10.2. The minimum Gasteiger partial charge on any atom is -0.369 e. The van der Waals surface area contributed by atoms with Crippen molar-refractivity contribution >= 4 is 11.6 Å². The van der Waals surface area contributed by atoms with Crippen molar-refractivity contribution < 1.29 is 17.6 Å². The van der Waals surface area contributed by atoms with Crippen molar-refractivity contribution in [2.24, 2.45) is 0 Å². The standard InChI is InChI=1S/C9H4F3N5/c10-9(11,12)6-5(4-13)7(14)16-8-15-2-1-3-17(6)8/h1-3,14H/p+1. The molecule has 17 heavy (non-hydrogen) atoms. The largest absolute Gasteiger partial charge is 0.447 e. The molecule has 0 saturated heterocycles. The van der Waals surface area contributed by atoms with Gasteiger partial charge in [0.2, 0.25) is 11.5 Å². The topological polar surface area (TPSA) is 79.7 Å². The molecule has 2 heterocycles. The second-order valence-electron chi connectivity index (χ2n) is 3.12. The molecule has 0 radical (unpaired) electrons. The fourth-order valence-electron chi connectivity index (χ4n) is 1.41. The van der Waals surface area contributed by atoms with Gasteiger partial charge in [0, 0.05) is 6.07 Å². The SMILES string of the molecule is N#Cc1c(N)nc2nccc[n+]2c1C(F)(F)F. The third-order valence-corrected chi connectivity index (χ3v) is 2.06. The normalized spacial score (nSPS) is 11.4. The number of nitrogens with zero attached hydrogens (tertiary/aromatic N) is 4. The van der Waals surface area contributed by atoms with Crippen molar-refractivity contribution in [3.05, 3.63) is 29.7 Å². The van der Waals surface area contributed by atoms with Gasteiger partial charge in [-0.05, 0) is 4.98 Å². The molecule has 5 nitrogen and oxygen atoms in total. The van der Waals surface area contributed by atoms with Gasteiger partial charge in [-0.3, -0.25) is 0 Å².